The highest BCUT2D eigenvalue weighted by Gasteiger charge is 2.20. The van der Waals surface area contributed by atoms with Gasteiger partial charge >= 0.3 is 0 Å². The zero-order valence-corrected chi connectivity index (χ0v) is 7.46. The molecule has 0 aromatic heterocycles. The molecule has 0 unspecified atom stereocenters. The average molecular weight is 155 g/mol. The predicted molar refractivity (Wildman–Crippen MR) is 46.4 cm³/mol. The van der Waals surface area contributed by atoms with E-state index in [2.05, 4.69) is 26.2 Å². The van der Waals surface area contributed by atoms with Gasteiger partial charge in [0, 0.05) is 12.6 Å². The molecule has 1 aliphatic rings. The maximum absolute atomic E-state index is 5.74. The van der Waals surface area contributed by atoms with E-state index in [-0.39, 0.29) is 0 Å². The molecule has 1 aliphatic heterocycles. The van der Waals surface area contributed by atoms with Crippen molar-refractivity contribution in [1.82, 2.24) is 10.4 Å². The van der Waals surface area contributed by atoms with E-state index in [9.17, 15) is 0 Å². The van der Waals surface area contributed by atoms with Crippen molar-refractivity contribution in [1.29, 1.82) is 0 Å². The Morgan fingerprint density at radius 3 is 2.55 bits per heavy atom. The summed E-state index contributed by atoms with van der Waals surface area (Å²) in [4.78, 5) is 0. The molecule has 1 rings (SSSR count). The Morgan fingerprint density at radius 2 is 2.18 bits per heavy atom. The summed E-state index contributed by atoms with van der Waals surface area (Å²) in [6.07, 6.45) is 2.00. The SMILES string of the molecule is CC(C)[C@@H](C)N1NCC=C1N. The molecule has 0 aromatic carbocycles. The number of nitrogens with two attached hydrogens (primary N) is 1. The number of nitrogens with zero attached hydrogens (tertiary/aromatic N) is 1. The molecule has 0 amide bonds. The van der Waals surface area contributed by atoms with E-state index >= 15 is 0 Å². The fourth-order valence-electron chi connectivity index (χ4n) is 1.12. The van der Waals surface area contributed by atoms with E-state index in [4.69, 9.17) is 5.73 Å². The molecule has 0 spiro atoms. The fraction of sp³-hybridized carbons (Fsp3) is 0.750. The lowest BCUT2D eigenvalue weighted by atomic mass is 10.1. The standard InChI is InChI=1S/C8H17N3/c1-6(2)7(3)11-8(9)4-5-10-11/h4,6-7,10H,5,9H2,1-3H3/t7-/m1/s1. The summed E-state index contributed by atoms with van der Waals surface area (Å²) in [6, 6.07) is 0.466. The number of hydrogen-bond donors (Lipinski definition) is 2. The monoisotopic (exact) mass is 155 g/mol. The number of hydrazine groups is 1. The molecule has 0 fully saturated rings. The van der Waals surface area contributed by atoms with E-state index in [1.807, 2.05) is 11.1 Å². The third-order valence-electron chi connectivity index (χ3n) is 2.22. The molecule has 0 saturated heterocycles. The van der Waals surface area contributed by atoms with Gasteiger partial charge in [0.2, 0.25) is 0 Å². The molecule has 1 atom stereocenters. The summed E-state index contributed by atoms with van der Waals surface area (Å²) in [7, 11) is 0. The topological polar surface area (TPSA) is 41.3 Å². The first-order valence-corrected chi connectivity index (χ1v) is 4.11. The van der Waals surface area contributed by atoms with Gasteiger partial charge in [-0.3, -0.25) is 5.01 Å². The van der Waals surface area contributed by atoms with Crippen LogP contribution in [-0.2, 0) is 0 Å². The summed E-state index contributed by atoms with van der Waals surface area (Å²) < 4.78 is 0. The molecule has 3 heteroatoms. The van der Waals surface area contributed by atoms with E-state index in [1.54, 1.807) is 0 Å². The van der Waals surface area contributed by atoms with Crippen molar-refractivity contribution >= 4 is 0 Å². The highest BCUT2D eigenvalue weighted by atomic mass is 15.6. The van der Waals surface area contributed by atoms with Crippen LogP contribution in [0.3, 0.4) is 0 Å². The second kappa shape index (κ2) is 3.13. The molecule has 0 radical (unpaired) electrons. The molecular formula is C8H17N3. The minimum atomic E-state index is 0.466. The van der Waals surface area contributed by atoms with Gasteiger partial charge < -0.3 is 5.73 Å². The Labute approximate surface area is 68.2 Å². The van der Waals surface area contributed by atoms with Crippen LogP contribution in [0.5, 0.6) is 0 Å². The van der Waals surface area contributed by atoms with Crippen molar-refractivity contribution in [3.8, 4) is 0 Å². The van der Waals surface area contributed by atoms with Gasteiger partial charge in [0.25, 0.3) is 0 Å². The molecule has 0 bridgehead atoms. The van der Waals surface area contributed by atoms with Crippen molar-refractivity contribution in [3.63, 3.8) is 0 Å². The summed E-state index contributed by atoms with van der Waals surface area (Å²) in [5, 5.41) is 2.03. The summed E-state index contributed by atoms with van der Waals surface area (Å²) in [6.45, 7) is 7.42. The third kappa shape index (κ3) is 1.66. The first-order chi connectivity index (χ1) is 5.13. The van der Waals surface area contributed by atoms with Gasteiger partial charge in [-0.2, -0.15) is 0 Å². The van der Waals surface area contributed by atoms with Crippen molar-refractivity contribution in [2.75, 3.05) is 6.54 Å². The lowest BCUT2D eigenvalue weighted by Crippen LogP contribution is -2.44. The smallest absolute Gasteiger partial charge is 0.111 e. The molecule has 1 heterocycles. The van der Waals surface area contributed by atoms with Gasteiger partial charge in [-0.1, -0.05) is 13.8 Å². The summed E-state index contributed by atoms with van der Waals surface area (Å²) in [5.74, 6) is 1.47. The maximum atomic E-state index is 5.74. The van der Waals surface area contributed by atoms with Crippen molar-refractivity contribution in [2.24, 2.45) is 11.7 Å². The zero-order valence-electron chi connectivity index (χ0n) is 7.46. The van der Waals surface area contributed by atoms with Crippen LogP contribution < -0.4 is 11.2 Å². The second-order valence-electron chi connectivity index (χ2n) is 3.35. The van der Waals surface area contributed by atoms with Crippen LogP contribution >= 0.6 is 0 Å². The molecule has 64 valence electrons. The Kier molecular flexibility index (Phi) is 2.39. The average Bonchev–Trinajstić information content (AvgIpc) is 2.33. The first kappa shape index (κ1) is 8.40. The zero-order chi connectivity index (χ0) is 8.43. The Hall–Kier alpha value is -0.700. The van der Waals surface area contributed by atoms with Gasteiger partial charge in [0.15, 0.2) is 0 Å². The first-order valence-electron chi connectivity index (χ1n) is 4.11. The Balaban J connectivity index is 2.54. The van der Waals surface area contributed by atoms with Crippen LogP contribution in [-0.4, -0.2) is 17.6 Å². The van der Waals surface area contributed by atoms with E-state index in [1.165, 1.54) is 0 Å². The highest BCUT2D eigenvalue weighted by molar-refractivity contribution is 5.03. The van der Waals surface area contributed by atoms with Gasteiger partial charge in [-0.05, 0) is 18.9 Å². The Morgan fingerprint density at radius 1 is 1.55 bits per heavy atom. The summed E-state index contributed by atoms with van der Waals surface area (Å²) >= 11 is 0. The van der Waals surface area contributed by atoms with E-state index < -0.39 is 0 Å². The van der Waals surface area contributed by atoms with Crippen LogP contribution in [0.4, 0.5) is 0 Å². The summed E-state index contributed by atoms with van der Waals surface area (Å²) in [5.41, 5.74) is 8.95. The van der Waals surface area contributed by atoms with Gasteiger partial charge in [0.1, 0.15) is 5.82 Å². The minimum Gasteiger partial charge on any atom is -0.385 e. The number of hydrogen-bond acceptors (Lipinski definition) is 3. The lowest BCUT2D eigenvalue weighted by Gasteiger charge is -2.29. The van der Waals surface area contributed by atoms with E-state index in [0.29, 0.717) is 12.0 Å². The van der Waals surface area contributed by atoms with Crippen LogP contribution in [0, 0.1) is 5.92 Å². The largest absolute Gasteiger partial charge is 0.385 e. The quantitative estimate of drug-likeness (QED) is 0.615. The van der Waals surface area contributed by atoms with Gasteiger partial charge in [-0.15, -0.1) is 0 Å². The van der Waals surface area contributed by atoms with Crippen LogP contribution in [0.15, 0.2) is 11.9 Å². The van der Waals surface area contributed by atoms with Crippen molar-refractivity contribution < 1.29 is 0 Å². The second-order valence-corrected chi connectivity index (χ2v) is 3.35. The van der Waals surface area contributed by atoms with Gasteiger partial charge in [0.05, 0.1) is 0 Å². The normalized spacial score (nSPS) is 20.7. The van der Waals surface area contributed by atoms with E-state index in [0.717, 1.165) is 12.4 Å². The van der Waals surface area contributed by atoms with Crippen LogP contribution in [0.2, 0.25) is 0 Å². The minimum absolute atomic E-state index is 0.466. The molecule has 3 nitrogen and oxygen atoms in total. The number of rotatable bonds is 2. The molecule has 0 aromatic rings. The van der Waals surface area contributed by atoms with Gasteiger partial charge in [-0.25, -0.2) is 5.43 Å². The highest BCUT2D eigenvalue weighted by Crippen LogP contribution is 2.13. The third-order valence-corrected chi connectivity index (χ3v) is 2.22. The van der Waals surface area contributed by atoms with Crippen LogP contribution in [0.25, 0.3) is 0 Å². The van der Waals surface area contributed by atoms with Crippen LogP contribution in [0.1, 0.15) is 20.8 Å². The molecule has 0 saturated carbocycles. The van der Waals surface area contributed by atoms with Crippen molar-refractivity contribution in [2.45, 2.75) is 26.8 Å². The van der Waals surface area contributed by atoms with Crippen molar-refractivity contribution in [3.05, 3.63) is 11.9 Å². The predicted octanol–water partition coefficient (Wildman–Crippen LogP) is 0.651. The maximum Gasteiger partial charge on any atom is 0.111 e. The number of nitrogens with one attached hydrogen (secondary N) is 1. The molecular weight excluding hydrogens is 138 g/mol. The lowest BCUT2D eigenvalue weighted by molar-refractivity contribution is 0.170. The Bertz CT molecular complexity index is 163. The fourth-order valence-corrected chi connectivity index (χ4v) is 1.12. The molecule has 11 heavy (non-hydrogen) atoms. The molecule has 3 N–H and O–H groups in total. The molecule has 0 aliphatic carbocycles.